The van der Waals surface area contributed by atoms with Crippen LogP contribution in [0.1, 0.15) is 24.0 Å². The molecule has 0 aromatic heterocycles. The van der Waals surface area contributed by atoms with Crippen LogP contribution in [0.25, 0.3) is 0 Å². The highest BCUT2D eigenvalue weighted by Crippen LogP contribution is 2.26. The molecular formula is C19H24N2O. The van der Waals surface area contributed by atoms with E-state index in [0.29, 0.717) is 0 Å². The van der Waals surface area contributed by atoms with E-state index in [9.17, 15) is 4.79 Å². The first-order chi connectivity index (χ1) is 10.5. The van der Waals surface area contributed by atoms with Gasteiger partial charge in [0.25, 0.3) is 0 Å². The van der Waals surface area contributed by atoms with Crippen molar-refractivity contribution in [2.45, 2.75) is 25.8 Å². The lowest BCUT2D eigenvalue weighted by molar-refractivity contribution is -0.129. The first-order valence-corrected chi connectivity index (χ1v) is 7.59. The largest absolute Gasteiger partial charge is 0.373 e. The third-order valence-corrected chi connectivity index (χ3v) is 3.98. The van der Waals surface area contributed by atoms with E-state index in [1.807, 2.05) is 42.5 Å². The molecule has 0 spiro atoms. The quantitative estimate of drug-likeness (QED) is 0.913. The van der Waals surface area contributed by atoms with Crippen molar-refractivity contribution in [3.63, 3.8) is 0 Å². The first kappa shape index (κ1) is 16.1. The molecule has 2 rings (SSSR count). The summed E-state index contributed by atoms with van der Waals surface area (Å²) >= 11 is 0. The van der Waals surface area contributed by atoms with Gasteiger partial charge in [-0.15, -0.1) is 0 Å². The molecule has 22 heavy (non-hydrogen) atoms. The van der Waals surface area contributed by atoms with Crippen molar-refractivity contribution in [1.82, 2.24) is 4.90 Å². The van der Waals surface area contributed by atoms with E-state index in [0.717, 1.165) is 5.69 Å². The van der Waals surface area contributed by atoms with Gasteiger partial charge in [-0.1, -0.05) is 49.4 Å². The number of aryl methyl sites for hydroxylation is 1. The van der Waals surface area contributed by atoms with Crippen molar-refractivity contribution in [2.75, 3.05) is 19.4 Å². The Morgan fingerprint density at radius 3 is 2.18 bits per heavy atom. The Labute approximate surface area is 133 Å². The summed E-state index contributed by atoms with van der Waals surface area (Å²) in [7, 11) is 3.60. The van der Waals surface area contributed by atoms with Gasteiger partial charge in [-0.25, -0.2) is 0 Å². The van der Waals surface area contributed by atoms with Crippen LogP contribution in [-0.4, -0.2) is 30.9 Å². The standard InChI is InChI=1S/C19H24N2O/c1-14-10-8-9-13-17(14)15(2)18(19(22)21(3)4)20-16-11-6-5-7-12-16/h5-13,15,18,20H,1-4H3. The molecule has 0 radical (unpaired) electrons. The molecule has 0 heterocycles. The molecule has 2 aromatic rings. The highest BCUT2D eigenvalue weighted by molar-refractivity contribution is 5.85. The van der Waals surface area contributed by atoms with Gasteiger partial charge in [0.05, 0.1) is 0 Å². The van der Waals surface area contributed by atoms with E-state index in [2.05, 4.69) is 31.3 Å². The monoisotopic (exact) mass is 296 g/mol. The maximum Gasteiger partial charge on any atom is 0.245 e. The maximum absolute atomic E-state index is 12.6. The van der Waals surface area contributed by atoms with Crippen LogP contribution >= 0.6 is 0 Å². The Kier molecular flexibility index (Phi) is 5.21. The lowest BCUT2D eigenvalue weighted by atomic mass is 9.89. The van der Waals surface area contributed by atoms with Crippen LogP contribution in [0.4, 0.5) is 5.69 Å². The fraction of sp³-hybridized carbons (Fsp3) is 0.316. The van der Waals surface area contributed by atoms with E-state index in [1.54, 1.807) is 19.0 Å². The molecule has 0 aliphatic carbocycles. The third-order valence-electron chi connectivity index (χ3n) is 3.98. The molecule has 1 amide bonds. The molecule has 0 fully saturated rings. The molecule has 0 bridgehead atoms. The van der Waals surface area contributed by atoms with Crippen LogP contribution in [0, 0.1) is 6.92 Å². The smallest absolute Gasteiger partial charge is 0.245 e. The fourth-order valence-electron chi connectivity index (χ4n) is 2.67. The number of carbonyl (C=O) groups is 1. The Morgan fingerprint density at radius 1 is 1.00 bits per heavy atom. The molecule has 0 saturated carbocycles. The molecule has 2 unspecified atom stereocenters. The number of nitrogens with zero attached hydrogens (tertiary/aromatic N) is 1. The Morgan fingerprint density at radius 2 is 1.59 bits per heavy atom. The minimum absolute atomic E-state index is 0.0799. The van der Waals surface area contributed by atoms with Crippen LogP contribution < -0.4 is 5.32 Å². The molecule has 0 aliphatic rings. The zero-order valence-corrected chi connectivity index (χ0v) is 13.7. The number of para-hydroxylation sites is 1. The maximum atomic E-state index is 12.6. The number of amides is 1. The van der Waals surface area contributed by atoms with Crippen LogP contribution in [-0.2, 0) is 4.79 Å². The summed E-state index contributed by atoms with van der Waals surface area (Å²) in [5.74, 6) is 0.163. The second-order valence-corrected chi connectivity index (χ2v) is 5.87. The SMILES string of the molecule is Cc1ccccc1C(C)C(Nc1ccccc1)C(=O)N(C)C. The first-order valence-electron chi connectivity index (χ1n) is 7.59. The topological polar surface area (TPSA) is 32.3 Å². The van der Waals surface area contributed by atoms with E-state index >= 15 is 0 Å². The summed E-state index contributed by atoms with van der Waals surface area (Å²) in [5, 5.41) is 3.39. The van der Waals surface area contributed by atoms with Crippen molar-refractivity contribution < 1.29 is 4.79 Å². The molecule has 3 heteroatoms. The van der Waals surface area contributed by atoms with Crippen molar-refractivity contribution in [2.24, 2.45) is 0 Å². The van der Waals surface area contributed by atoms with Gasteiger partial charge in [0.1, 0.15) is 6.04 Å². The second kappa shape index (κ2) is 7.12. The number of hydrogen-bond acceptors (Lipinski definition) is 2. The van der Waals surface area contributed by atoms with Crippen molar-refractivity contribution in [3.05, 3.63) is 65.7 Å². The number of hydrogen-bond donors (Lipinski definition) is 1. The van der Waals surface area contributed by atoms with Gasteiger partial charge in [-0.05, 0) is 30.2 Å². The molecule has 1 N–H and O–H groups in total. The lowest BCUT2D eigenvalue weighted by Gasteiger charge is -2.29. The normalized spacial score (nSPS) is 13.3. The number of nitrogens with one attached hydrogen (secondary N) is 1. The van der Waals surface area contributed by atoms with E-state index in [4.69, 9.17) is 0 Å². The summed E-state index contributed by atoms with van der Waals surface area (Å²) in [6.45, 7) is 4.19. The number of carbonyl (C=O) groups excluding carboxylic acids is 1. The Bertz CT molecular complexity index is 622. The Hall–Kier alpha value is -2.29. The predicted molar refractivity (Wildman–Crippen MR) is 92.1 cm³/mol. The molecule has 0 saturated heterocycles. The van der Waals surface area contributed by atoms with Crippen LogP contribution in [0.2, 0.25) is 0 Å². The van der Waals surface area contributed by atoms with E-state index in [-0.39, 0.29) is 17.9 Å². The molecule has 2 aromatic carbocycles. The number of rotatable bonds is 5. The average molecular weight is 296 g/mol. The van der Waals surface area contributed by atoms with Gasteiger partial charge < -0.3 is 10.2 Å². The predicted octanol–water partition coefficient (Wildman–Crippen LogP) is 3.67. The molecule has 116 valence electrons. The van der Waals surface area contributed by atoms with Gasteiger partial charge in [-0.3, -0.25) is 4.79 Å². The minimum Gasteiger partial charge on any atom is -0.373 e. The van der Waals surface area contributed by atoms with Gasteiger partial charge in [0.2, 0.25) is 5.91 Å². The van der Waals surface area contributed by atoms with Crippen LogP contribution in [0.5, 0.6) is 0 Å². The summed E-state index contributed by atoms with van der Waals surface area (Å²) in [6.07, 6.45) is 0. The third kappa shape index (κ3) is 3.67. The van der Waals surface area contributed by atoms with Gasteiger partial charge in [0.15, 0.2) is 0 Å². The fourth-order valence-corrected chi connectivity index (χ4v) is 2.67. The van der Waals surface area contributed by atoms with Gasteiger partial charge in [0, 0.05) is 25.7 Å². The summed E-state index contributed by atoms with van der Waals surface area (Å²) < 4.78 is 0. The zero-order chi connectivity index (χ0) is 16.1. The molecule has 0 aliphatic heterocycles. The van der Waals surface area contributed by atoms with Crippen LogP contribution in [0.3, 0.4) is 0 Å². The van der Waals surface area contributed by atoms with Crippen molar-refractivity contribution in [1.29, 1.82) is 0 Å². The summed E-state index contributed by atoms with van der Waals surface area (Å²) in [6, 6.07) is 17.8. The van der Waals surface area contributed by atoms with Gasteiger partial charge in [-0.2, -0.15) is 0 Å². The van der Waals surface area contributed by atoms with Crippen molar-refractivity contribution in [3.8, 4) is 0 Å². The summed E-state index contributed by atoms with van der Waals surface area (Å²) in [5.41, 5.74) is 3.37. The van der Waals surface area contributed by atoms with E-state index < -0.39 is 0 Å². The van der Waals surface area contributed by atoms with E-state index in [1.165, 1.54) is 11.1 Å². The van der Waals surface area contributed by atoms with Crippen molar-refractivity contribution >= 4 is 11.6 Å². The molecule has 2 atom stereocenters. The second-order valence-electron chi connectivity index (χ2n) is 5.87. The number of anilines is 1. The molecular weight excluding hydrogens is 272 g/mol. The number of likely N-dealkylation sites (N-methyl/N-ethyl adjacent to an activating group) is 1. The van der Waals surface area contributed by atoms with Gasteiger partial charge >= 0.3 is 0 Å². The highest BCUT2D eigenvalue weighted by Gasteiger charge is 2.28. The minimum atomic E-state index is -0.293. The van der Waals surface area contributed by atoms with Crippen LogP contribution in [0.15, 0.2) is 54.6 Å². The number of benzene rings is 2. The average Bonchev–Trinajstić information content (AvgIpc) is 2.52. The summed E-state index contributed by atoms with van der Waals surface area (Å²) in [4.78, 5) is 14.3. The zero-order valence-electron chi connectivity index (χ0n) is 13.7. The molecule has 3 nitrogen and oxygen atoms in total. The Balaban J connectivity index is 2.32. The highest BCUT2D eigenvalue weighted by atomic mass is 16.2. The lowest BCUT2D eigenvalue weighted by Crippen LogP contribution is -2.42.